The summed E-state index contributed by atoms with van der Waals surface area (Å²) in [4.78, 5) is 1.64. The number of anilines is 1. The number of likely N-dealkylation sites (N-methyl/N-ethyl adjacent to an activating group) is 1. The maximum Gasteiger partial charge on any atom is 0.341 e. The minimum atomic E-state index is -4.57. The molecule has 25 heavy (non-hydrogen) atoms. The molecule has 4 nitrogen and oxygen atoms in total. The highest BCUT2D eigenvalue weighted by Gasteiger charge is 2.26. The van der Waals surface area contributed by atoms with Crippen LogP contribution in [0.5, 0.6) is 0 Å². The molecule has 2 aromatic carbocycles. The summed E-state index contributed by atoms with van der Waals surface area (Å²) in [6, 6.07) is 12.9. The average molecular weight is 389 g/mol. The zero-order chi connectivity index (χ0) is 18.6. The fourth-order valence-corrected chi connectivity index (χ4v) is 3.21. The Kier molecular flexibility index (Phi) is 6.37. The smallest absolute Gasteiger partial charge is 0.341 e. The molecule has 0 fully saturated rings. The number of hydrogen-bond donors (Lipinski definition) is 1. The summed E-state index contributed by atoms with van der Waals surface area (Å²) in [6.07, 6.45) is 0. The largest absolute Gasteiger partial charge is 0.383 e. The van der Waals surface area contributed by atoms with Gasteiger partial charge in [0.15, 0.2) is 0 Å². The molecule has 0 radical (unpaired) electrons. The van der Waals surface area contributed by atoms with Crippen LogP contribution in [-0.4, -0.2) is 39.7 Å². The van der Waals surface area contributed by atoms with Crippen LogP contribution in [0.1, 0.15) is 11.6 Å². The van der Waals surface area contributed by atoms with Crippen molar-refractivity contribution in [2.24, 2.45) is 0 Å². The van der Waals surface area contributed by atoms with Crippen molar-refractivity contribution in [3.63, 3.8) is 0 Å². The molecule has 2 rings (SSSR count). The van der Waals surface area contributed by atoms with Crippen molar-refractivity contribution in [1.29, 1.82) is 0 Å². The van der Waals surface area contributed by atoms with Gasteiger partial charge in [0.25, 0.3) is 0 Å². The van der Waals surface area contributed by atoms with Crippen LogP contribution in [0.25, 0.3) is 0 Å². The first-order chi connectivity index (χ1) is 11.7. The summed E-state index contributed by atoms with van der Waals surface area (Å²) in [5, 5.41) is 3.85. The van der Waals surface area contributed by atoms with Gasteiger partial charge in [-0.2, -0.15) is 8.78 Å². The average Bonchev–Trinajstić information content (AvgIpc) is 2.56. The standard InChI is InChI=1S/C17H19ClF2N2O2S/c1-22(2)16(12-3-5-13(18)6-4-12)11-21-14-7-9-15(10-8-14)25(23,24)17(19)20/h3-10,16-17,21H,11H2,1-2H3. The van der Waals surface area contributed by atoms with E-state index in [9.17, 15) is 17.2 Å². The molecule has 0 heterocycles. The molecule has 0 aromatic heterocycles. The van der Waals surface area contributed by atoms with Gasteiger partial charge in [0.1, 0.15) is 0 Å². The second-order valence-electron chi connectivity index (χ2n) is 5.74. The van der Waals surface area contributed by atoms with E-state index >= 15 is 0 Å². The van der Waals surface area contributed by atoms with Gasteiger partial charge in [-0.15, -0.1) is 0 Å². The molecule has 0 spiro atoms. The molecule has 0 aliphatic rings. The van der Waals surface area contributed by atoms with Crippen LogP contribution in [0.3, 0.4) is 0 Å². The molecule has 2 aromatic rings. The lowest BCUT2D eigenvalue weighted by atomic mass is 10.1. The maximum absolute atomic E-state index is 12.5. The van der Waals surface area contributed by atoms with E-state index in [0.29, 0.717) is 17.3 Å². The van der Waals surface area contributed by atoms with Gasteiger partial charge >= 0.3 is 5.76 Å². The van der Waals surface area contributed by atoms with E-state index in [4.69, 9.17) is 11.6 Å². The van der Waals surface area contributed by atoms with Gasteiger partial charge in [0.05, 0.1) is 10.9 Å². The van der Waals surface area contributed by atoms with Gasteiger partial charge in [-0.25, -0.2) is 8.42 Å². The number of nitrogens with zero attached hydrogens (tertiary/aromatic N) is 1. The van der Waals surface area contributed by atoms with E-state index in [1.807, 2.05) is 43.3 Å². The van der Waals surface area contributed by atoms with Crippen molar-refractivity contribution in [1.82, 2.24) is 4.90 Å². The van der Waals surface area contributed by atoms with E-state index in [1.165, 1.54) is 24.3 Å². The van der Waals surface area contributed by atoms with Crippen LogP contribution < -0.4 is 5.32 Å². The lowest BCUT2D eigenvalue weighted by molar-refractivity contribution is 0.234. The Morgan fingerprint density at radius 2 is 1.60 bits per heavy atom. The molecular weight excluding hydrogens is 370 g/mol. The summed E-state index contributed by atoms with van der Waals surface area (Å²) in [5.74, 6) is -3.42. The van der Waals surface area contributed by atoms with Crippen LogP contribution in [0.2, 0.25) is 5.02 Å². The molecule has 136 valence electrons. The lowest BCUT2D eigenvalue weighted by Gasteiger charge is -2.25. The second kappa shape index (κ2) is 8.12. The first-order valence-electron chi connectivity index (χ1n) is 7.49. The highest BCUT2D eigenvalue weighted by atomic mass is 35.5. The van der Waals surface area contributed by atoms with Crippen LogP contribution in [0.4, 0.5) is 14.5 Å². The monoisotopic (exact) mass is 388 g/mol. The molecule has 1 atom stereocenters. The Morgan fingerprint density at radius 1 is 1.04 bits per heavy atom. The van der Waals surface area contributed by atoms with E-state index in [1.54, 1.807) is 0 Å². The summed E-state index contributed by atoms with van der Waals surface area (Å²) in [5.41, 5.74) is 1.72. The van der Waals surface area contributed by atoms with Crippen LogP contribution in [-0.2, 0) is 9.84 Å². The quantitative estimate of drug-likeness (QED) is 0.777. The van der Waals surface area contributed by atoms with Gasteiger partial charge in [-0.05, 0) is 56.1 Å². The first-order valence-corrected chi connectivity index (χ1v) is 9.42. The SMILES string of the molecule is CN(C)C(CNc1ccc(S(=O)(=O)C(F)F)cc1)c1ccc(Cl)cc1. The third-order valence-electron chi connectivity index (χ3n) is 3.80. The number of nitrogens with one attached hydrogen (secondary N) is 1. The van der Waals surface area contributed by atoms with Gasteiger partial charge in [0.2, 0.25) is 9.84 Å². The van der Waals surface area contributed by atoms with Gasteiger partial charge in [-0.3, -0.25) is 0 Å². The number of alkyl halides is 2. The predicted octanol–water partition coefficient (Wildman–Crippen LogP) is 4.05. The number of benzene rings is 2. The molecule has 0 aliphatic carbocycles. The number of halogens is 3. The Bertz CT molecular complexity index is 794. The zero-order valence-corrected chi connectivity index (χ0v) is 15.4. The Hall–Kier alpha value is -1.70. The van der Waals surface area contributed by atoms with Gasteiger partial charge in [-0.1, -0.05) is 23.7 Å². The van der Waals surface area contributed by atoms with E-state index in [2.05, 4.69) is 5.32 Å². The van der Waals surface area contributed by atoms with Crippen molar-refractivity contribution in [2.75, 3.05) is 26.0 Å². The fourth-order valence-electron chi connectivity index (χ4n) is 2.36. The van der Waals surface area contributed by atoms with Crippen LogP contribution >= 0.6 is 11.6 Å². The molecule has 0 aliphatic heterocycles. The van der Waals surface area contributed by atoms with Crippen LogP contribution in [0.15, 0.2) is 53.4 Å². The molecule has 8 heteroatoms. The third kappa shape index (κ3) is 4.90. The van der Waals surface area contributed by atoms with E-state index in [-0.39, 0.29) is 6.04 Å². The summed E-state index contributed by atoms with van der Waals surface area (Å²) >= 11 is 5.91. The highest BCUT2D eigenvalue weighted by molar-refractivity contribution is 7.91. The minimum Gasteiger partial charge on any atom is -0.383 e. The van der Waals surface area contributed by atoms with Crippen molar-refractivity contribution in [3.8, 4) is 0 Å². The van der Waals surface area contributed by atoms with E-state index in [0.717, 1.165) is 5.56 Å². The van der Waals surface area contributed by atoms with Crippen LogP contribution in [0, 0.1) is 0 Å². The predicted molar refractivity (Wildman–Crippen MR) is 96.0 cm³/mol. The molecule has 1 N–H and O–H groups in total. The Balaban J connectivity index is 2.10. The molecule has 0 amide bonds. The topological polar surface area (TPSA) is 49.4 Å². The van der Waals surface area contributed by atoms with Gasteiger partial charge in [0, 0.05) is 17.3 Å². The normalized spacial score (nSPS) is 13.2. The number of rotatable bonds is 7. The lowest BCUT2D eigenvalue weighted by Crippen LogP contribution is -2.26. The summed E-state index contributed by atoms with van der Waals surface area (Å²) in [7, 11) is -0.680. The third-order valence-corrected chi connectivity index (χ3v) is 5.45. The molecule has 1 unspecified atom stereocenters. The summed E-state index contributed by atoms with van der Waals surface area (Å²) in [6.45, 7) is 0.551. The maximum atomic E-state index is 12.5. The van der Waals surface area contributed by atoms with Crippen molar-refractivity contribution in [2.45, 2.75) is 16.7 Å². The second-order valence-corrected chi connectivity index (χ2v) is 8.10. The van der Waals surface area contributed by atoms with Crippen molar-refractivity contribution >= 4 is 27.1 Å². The van der Waals surface area contributed by atoms with Crippen molar-refractivity contribution < 1.29 is 17.2 Å². The number of sulfone groups is 1. The minimum absolute atomic E-state index is 0.0572. The fraction of sp³-hybridized carbons (Fsp3) is 0.294. The highest BCUT2D eigenvalue weighted by Crippen LogP contribution is 2.23. The Labute approximate surface area is 151 Å². The van der Waals surface area contributed by atoms with Gasteiger partial charge < -0.3 is 10.2 Å². The zero-order valence-electron chi connectivity index (χ0n) is 13.8. The molecule has 0 saturated carbocycles. The van der Waals surface area contributed by atoms with E-state index < -0.39 is 20.5 Å². The van der Waals surface area contributed by atoms with Crippen molar-refractivity contribution in [3.05, 3.63) is 59.1 Å². The number of hydrogen-bond acceptors (Lipinski definition) is 4. The summed E-state index contributed by atoms with van der Waals surface area (Å²) < 4.78 is 47.9. The first kappa shape index (κ1) is 19.6. The molecule has 0 saturated heterocycles. The Morgan fingerprint density at radius 3 is 2.08 bits per heavy atom. The molecular formula is C17H19ClF2N2O2S. The molecule has 0 bridgehead atoms.